The number of carboxylic acids is 1. The third-order valence-corrected chi connectivity index (χ3v) is 6.25. The molecule has 0 aliphatic heterocycles. The van der Waals surface area contributed by atoms with E-state index in [9.17, 15) is 9.59 Å². The van der Waals surface area contributed by atoms with Crippen LogP contribution in [0.25, 0.3) is 11.1 Å². The van der Waals surface area contributed by atoms with Gasteiger partial charge in [-0.3, -0.25) is 9.59 Å². The van der Waals surface area contributed by atoms with Gasteiger partial charge in [0.1, 0.15) is 5.52 Å². The minimum Gasteiger partial charge on any atom is -0.481 e. The molecule has 0 fully saturated rings. The number of hydrogen-bond acceptors (Lipinski definition) is 5. The predicted octanol–water partition coefficient (Wildman–Crippen LogP) is 5.57. The highest BCUT2D eigenvalue weighted by Gasteiger charge is 2.24. The van der Waals surface area contributed by atoms with E-state index in [-0.39, 0.29) is 24.7 Å². The Morgan fingerprint density at radius 1 is 1.12 bits per heavy atom. The van der Waals surface area contributed by atoms with Crippen LogP contribution in [0.1, 0.15) is 41.0 Å². The maximum absolute atomic E-state index is 12.7. The monoisotopic (exact) mass is 455 g/mol. The van der Waals surface area contributed by atoms with E-state index in [1.54, 1.807) is 0 Å². The van der Waals surface area contributed by atoms with Crippen molar-refractivity contribution in [3.63, 3.8) is 0 Å². The minimum atomic E-state index is -0.781. The number of carbonyl (C=O) groups is 2. The Kier molecular flexibility index (Phi) is 5.76. The third-order valence-electron chi connectivity index (χ3n) is 6.25. The van der Waals surface area contributed by atoms with Crippen LogP contribution in [0.3, 0.4) is 0 Å². The van der Waals surface area contributed by atoms with E-state index in [1.165, 1.54) is 0 Å². The molecule has 1 amide bonds. The number of oxazole rings is 1. The lowest BCUT2D eigenvalue weighted by molar-refractivity contribution is -0.137. The molecule has 0 spiro atoms. The second-order valence-corrected chi connectivity index (χ2v) is 8.73. The number of amides is 1. The summed E-state index contributed by atoms with van der Waals surface area (Å²) in [6.45, 7) is 2.01. The summed E-state index contributed by atoms with van der Waals surface area (Å²) in [5.41, 5.74) is 7.09. The largest absolute Gasteiger partial charge is 0.481 e. The Morgan fingerprint density at radius 3 is 2.79 bits per heavy atom. The first-order valence-electron chi connectivity index (χ1n) is 11.3. The van der Waals surface area contributed by atoms with Crippen molar-refractivity contribution in [3.8, 4) is 0 Å². The second-order valence-electron chi connectivity index (χ2n) is 8.73. The van der Waals surface area contributed by atoms with Crippen molar-refractivity contribution in [3.05, 3.63) is 82.9 Å². The lowest BCUT2D eigenvalue weighted by atomic mass is 9.98. The number of aliphatic carboxylic acids is 1. The molecule has 1 heterocycles. The number of aromatic nitrogens is 1. The van der Waals surface area contributed by atoms with Crippen LogP contribution in [0.4, 0.5) is 17.4 Å². The van der Waals surface area contributed by atoms with Gasteiger partial charge in [-0.2, -0.15) is 4.98 Å². The molecule has 1 aliphatic rings. The zero-order valence-corrected chi connectivity index (χ0v) is 18.8. The highest BCUT2D eigenvalue weighted by Crippen LogP contribution is 2.36. The maximum atomic E-state index is 12.7. The van der Waals surface area contributed by atoms with Gasteiger partial charge in [0, 0.05) is 11.4 Å². The molecule has 7 nitrogen and oxygen atoms in total. The minimum absolute atomic E-state index is 0.0519. The fourth-order valence-corrected chi connectivity index (χ4v) is 4.56. The normalized spacial score (nSPS) is 14.7. The van der Waals surface area contributed by atoms with Gasteiger partial charge in [0.15, 0.2) is 5.58 Å². The quantitative estimate of drug-likeness (QED) is 0.337. The van der Waals surface area contributed by atoms with Crippen LogP contribution in [0.15, 0.2) is 65.1 Å². The first-order chi connectivity index (χ1) is 16.4. The van der Waals surface area contributed by atoms with Crippen molar-refractivity contribution in [2.24, 2.45) is 0 Å². The van der Waals surface area contributed by atoms with E-state index in [0.717, 1.165) is 52.0 Å². The number of carboxylic acid groups (broad SMARTS) is 1. The number of rotatable bonds is 7. The van der Waals surface area contributed by atoms with E-state index in [0.29, 0.717) is 11.6 Å². The van der Waals surface area contributed by atoms with Crippen molar-refractivity contribution in [2.45, 2.75) is 38.5 Å². The van der Waals surface area contributed by atoms with E-state index >= 15 is 0 Å². The number of anilines is 3. The highest BCUT2D eigenvalue weighted by molar-refractivity contribution is 5.93. The standard InChI is InChI=1S/C27H25N3O4/c1-16-4-2-3-5-22(16)29-27-30-23-11-6-17(12-24(23)34-27)13-25(31)28-20-9-10-21-18(14-20)7-8-19(21)15-26(32)33/h2-6,9-12,14,19H,7-8,13,15H2,1H3,(H,28,31)(H,29,30)(H,32,33). The number of hydrogen-bond donors (Lipinski definition) is 3. The van der Waals surface area contributed by atoms with Gasteiger partial charge in [0.05, 0.1) is 12.8 Å². The maximum Gasteiger partial charge on any atom is 0.303 e. The predicted molar refractivity (Wildman–Crippen MR) is 131 cm³/mol. The van der Waals surface area contributed by atoms with Crippen LogP contribution >= 0.6 is 0 Å². The van der Waals surface area contributed by atoms with E-state index < -0.39 is 5.97 Å². The summed E-state index contributed by atoms with van der Waals surface area (Å²) >= 11 is 0. The Labute approximate surface area is 196 Å². The molecule has 0 bridgehead atoms. The summed E-state index contributed by atoms with van der Waals surface area (Å²) in [7, 11) is 0. The Hall–Kier alpha value is -4.13. The van der Waals surface area contributed by atoms with E-state index in [4.69, 9.17) is 9.52 Å². The van der Waals surface area contributed by atoms with Crippen molar-refractivity contribution >= 4 is 40.4 Å². The molecule has 1 aliphatic carbocycles. The Morgan fingerprint density at radius 2 is 1.97 bits per heavy atom. The summed E-state index contributed by atoms with van der Waals surface area (Å²) < 4.78 is 5.86. The number of aryl methyl sites for hydroxylation is 2. The molecular weight excluding hydrogens is 430 g/mol. The molecule has 1 atom stereocenters. The van der Waals surface area contributed by atoms with Crippen LogP contribution in [0.5, 0.6) is 0 Å². The number of benzene rings is 3. The van der Waals surface area contributed by atoms with Gasteiger partial charge in [0.2, 0.25) is 5.91 Å². The lowest BCUT2D eigenvalue weighted by Gasteiger charge is -2.10. The van der Waals surface area contributed by atoms with Crippen LogP contribution < -0.4 is 10.6 Å². The van der Waals surface area contributed by atoms with Crippen molar-refractivity contribution < 1.29 is 19.1 Å². The summed E-state index contributed by atoms with van der Waals surface area (Å²) in [6, 6.07) is 19.6. The van der Waals surface area contributed by atoms with Crippen LogP contribution in [0, 0.1) is 6.92 Å². The second kappa shape index (κ2) is 9.02. The first kappa shape index (κ1) is 21.7. The van der Waals surface area contributed by atoms with Gasteiger partial charge in [-0.05, 0) is 78.3 Å². The topological polar surface area (TPSA) is 104 Å². The SMILES string of the molecule is Cc1ccccc1Nc1nc2ccc(CC(=O)Nc3ccc4c(c3)CCC4CC(=O)O)cc2o1. The summed E-state index contributed by atoms with van der Waals surface area (Å²) in [6.07, 6.45) is 2.01. The zero-order chi connectivity index (χ0) is 23.7. The van der Waals surface area contributed by atoms with Gasteiger partial charge in [0.25, 0.3) is 6.01 Å². The molecule has 5 rings (SSSR count). The van der Waals surface area contributed by atoms with Crippen LogP contribution in [-0.2, 0) is 22.4 Å². The molecule has 34 heavy (non-hydrogen) atoms. The number of carbonyl (C=O) groups excluding carboxylic acids is 1. The average molecular weight is 456 g/mol. The summed E-state index contributed by atoms with van der Waals surface area (Å²) in [5, 5.41) is 15.2. The molecule has 1 aromatic heterocycles. The smallest absolute Gasteiger partial charge is 0.303 e. The summed E-state index contributed by atoms with van der Waals surface area (Å²) in [4.78, 5) is 28.2. The van der Waals surface area contributed by atoms with E-state index in [2.05, 4.69) is 15.6 Å². The first-order valence-corrected chi connectivity index (χ1v) is 11.3. The van der Waals surface area contributed by atoms with Crippen molar-refractivity contribution in [2.75, 3.05) is 10.6 Å². The van der Waals surface area contributed by atoms with Crippen LogP contribution in [0.2, 0.25) is 0 Å². The van der Waals surface area contributed by atoms with E-state index in [1.807, 2.05) is 67.6 Å². The summed E-state index contributed by atoms with van der Waals surface area (Å²) in [5.74, 6) is -0.856. The van der Waals surface area contributed by atoms with Crippen molar-refractivity contribution in [1.29, 1.82) is 0 Å². The molecule has 0 radical (unpaired) electrons. The Bertz CT molecular complexity index is 1390. The van der Waals surface area contributed by atoms with Gasteiger partial charge < -0.3 is 20.2 Å². The highest BCUT2D eigenvalue weighted by atomic mass is 16.4. The number of para-hydroxylation sites is 1. The Balaban J connectivity index is 1.25. The van der Waals surface area contributed by atoms with Gasteiger partial charge in [-0.1, -0.05) is 30.3 Å². The zero-order valence-electron chi connectivity index (χ0n) is 18.8. The molecule has 3 aromatic carbocycles. The fraction of sp³-hybridized carbons (Fsp3) is 0.222. The third kappa shape index (κ3) is 4.64. The molecule has 1 unspecified atom stereocenters. The number of nitrogens with one attached hydrogen (secondary N) is 2. The molecule has 172 valence electrons. The molecular formula is C27H25N3O4. The lowest BCUT2D eigenvalue weighted by Crippen LogP contribution is -2.14. The molecule has 0 saturated heterocycles. The molecule has 3 N–H and O–H groups in total. The van der Waals surface area contributed by atoms with Gasteiger partial charge >= 0.3 is 5.97 Å². The average Bonchev–Trinajstić information content (AvgIpc) is 3.37. The molecule has 0 saturated carbocycles. The molecule has 7 heteroatoms. The van der Waals surface area contributed by atoms with Crippen molar-refractivity contribution in [1.82, 2.24) is 4.98 Å². The van der Waals surface area contributed by atoms with Gasteiger partial charge in [-0.15, -0.1) is 0 Å². The van der Waals surface area contributed by atoms with Crippen LogP contribution in [-0.4, -0.2) is 22.0 Å². The fourth-order valence-electron chi connectivity index (χ4n) is 4.56. The molecule has 4 aromatic rings. The van der Waals surface area contributed by atoms with Gasteiger partial charge in [-0.25, -0.2) is 0 Å². The number of fused-ring (bicyclic) bond motifs is 2. The number of nitrogens with zero attached hydrogens (tertiary/aromatic N) is 1.